The van der Waals surface area contributed by atoms with E-state index in [-0.39, 0.29) is 5.60 Å². The number of hydrogen-bond acceptors (Lipinski definition) is 2. The first-order chi connectivity index (χ1) is 7.10. The summed E-state index contributed by atoms with van der Waals surface area (Å²) in [6, 6.07) is 0. The largest absolute Gasteiger partial charge is 0.375 e. The standard InChI is InChI=1S/C13H26O2/c1-5-7-9-13(4,15-11-6-2)12(3)8-10-14/h10,12H,5-9,11H2,1-4H3/t12?,13-/m0/s1. The van der Waals surface area contributed by atoms with Gasteiger partial charge in [-0.05, 0) is 25.7 Å². The van der Waals surface area contributed by atoms with Crippen LogP contribution in [0.25, 0.3) is 0 Å². The Balaban J connectivity index is 4.29. The van der Waals surface area contributed by atoms with Crippen LogP contribution in [0.4, 0.5) is 0 Å². The quantitative estimate of drug-likeness (QED) is 0.548. The van der Waals surface area contributed by atoms with Gasteiger partial charge in [-0.2, -0.15) is 0 Å². The van der Waals surface area contributed by atoms with Gasteiger partial charge in [0.15, 0.2) is 0 Å². The normalized spacial score (nSPS) is 17.1. The molecule has 2 heteroatoms. The van der Waals surface area contributed by atoms with Gasteiger partial charge in [-0.25, -0.2) is 0 Å². The second-order valence-corrected chi connectivity index (χ2v) is 4.57. The summed E-state index contributed by atoms with van der Waals surface area (Å²) < 4.78 is 5.94. The molecule has 2 nitrogen and oxygen atoms in total. The van der Waals surface area contributed by atoms with Gasteiger partial charge < -0.3 is 9.53 Å². The van der Waals surface area contributed by atoms with Gasteiger partial charge in [0.1, 0.15) is 6.29 Å². The highest BCUT2D eigenvalue weighted by Crippen LogP contribution is 2.29. The van der Waals surface area contributed by atoms with Gasteiger partial charge in [0.25, 0.3) is 0 Å². The lowest BCUT2D eigenvalue weighted by atomic mass is 9.84. The molecule has 0 aliphatic rings. The molecular formula is C13H26O2. The molecule has 0 saturated heterocycles. The summed E-state index contributed by atoms with van der Waals surface area (Å²) in [6.45, 7) is 9.35. The van der Waals surface area contributed by atoms with Crippen molar-refractivity contribution in [1.82, 2.24) is 0 Å². The number of ether oxygens (including phenoxy) is 1. The van der Waals surface area contributed by atoms with E-state index in [2.05, 4.69) is 27.7 Å². The minimum absolute atomic E-state index is 0.118. The number of rotatable bonds is 9. The summed E-state index contributed by atoms with van der Waals surface area (Å²) in [6.07, 6.45) is 6.05. The zero-order valence-electron chi connectivity index (χ0n) is 10.7. The van der Waals surface area contributed by atoms with Crippen molar-refractivity contribution in [3.05, 3.63) is 0 Å². The van der Waals surface area contributed by atoms with Crippen molar-refractivity contribution in [3.63, 3.8) is 0 Å². The fraction of sp³-hybridized carbons (Fsp3) is 0.923. The minimum atomic E-state index is -0.118. The van der Waals surface area contributed by atoms with Crippen molar-refractivity contribution in [1.29, 1.82) is 0 Å². The van der Waals surface area contributed by atoms with Crippen LogP contribution >= 0.6 is 0 Å². The van der Waals surface area contributed by atoms with E-state index < -0.39 is 0 Å². The topological polar surface area (TPSA) is 26.3 Å². The predicted octanol–water partition coefficient (Wildman–Crippen LogP) is 3.59. The summed E-state index contributed by atoms with van der Waals surface area (Å²) >= 11 is 0. The molecule has 0 spiro atoms. The number of hydrogen-bond donors (Lipinski definition) is 0. The van der Waals surface area contributed by atoms with E-state index in [1.165, 1.54) is 12.8 Å². The van der Waals surface area contributed by atoms with Crippen LogP contribution in [-0.2, 0) is 9.53 Å². The van der Waals surface area contributed by atoms with Gasteiger partial charge in [-0.3, -0.25) is 0 Å². The number of carbonyl (C=O) groups excluding carboxylic acids is 1. The van der Waals surface area contributed by atoms with Gasteiger partial charge in [0, 0.05) is 13.0 Å². The zero-order valence-corrected chi connectivity index (χ0v) is 10.7. The van der Waals surface area contributed by atoms with Crippen LogP contribution in [0.3, 0.4) is 0 Å². The number of aldehydes is 1. The highest BCUT2D eigenvalue weighted by Gasteiger charge is 2.30. The first-order valence-corrected chi connectivity index (χ1v) is 6.18. The molecule has 0 amide bonds. The van der Waals surface area contributed by atoms with Crippen LogP contribution in [0.2, 0.25) is 0 Å². The summed E-state index contributed by atoms with van der Waals surface area (Å²) in [4.78, 5) is 10.6. The van der Waals surface area contributed by atoms with E-state index in [0.29, 0.717) is 12.3 Å². The van der Waals surface area contributed by atoms with Crippen LogP contribution in [0, 0.1) is 5.92 Å². The molecule has 1 unspecified atom stereocenters. The molecule has 2 atom stereocenters. The summed E-state index contributed by atoms with van der Waals surface area (Å²) in [7, 11) is 0. The molecule has 0 aromatic heterocycles. The van der Waals surface area contributed by atoms with Crippen LogP contribution < -0.4 is 0 Å². The number of carbonyl (C=O) groups is 1. The average molecular weight is 214 g/mol. The van der Waals surface area contributed by atoms with Crippen molar-refractivity contribution in [2.45, 2.75) is 65.4 Å². The Kier molecular flexibility index (Phi) is 7.67. The summed E-state index contributed by atoms with van der Waals surface area (Å²) in [5.74, 6) is 0.313. The van der Waals surface area contributed by atoms with Crippen molar-refractivity contribution in [3.8, 4) is 0 Å². The van der Waals surface area contributed by atoms with Gasteiger partial charge in [0.2, 0.25) is 0 Å². The molecule has 0 rings (SSSR count). The molecule has 0 aromatic carbocycles. The van der Waals surface area contributed by atoms with Crippen LogP contribution in [0.15, 0.2) is 0 Å². The van der Waals surface area contributed by atoms with Crippen molar-refractivity contribution < 1.29 is 9.53 Å². The molecule has 0 saturated carbocycles. The highest BCUT2D eigenvalue weighted by molar-refractivity contribution is 5.49. The first-order valence-electron chi connectivity index (χ1n) is 6.18. The molecule has 15 heavy (non-hydrogen) atoms. The fourth-order valence-corrected chi connectivity index (χ4v) is 1.72. The molecule has 0 aliphatic carbocycles. The smallest absolute Gasteiger partial charge is 0.120 e. The molecule has 0 heterocycles. The van der Waals surface area contributed by atoms with E-state index in [0.717, 1.165) is 25.7 Å². The van der Waals surface area contributed by atoms with E-state index in [1.807, 2.05) is 0 Å². The molecule has 0 fully saturated rings. The third kappa shape index (κ3) is 5.31. The summed E-state index contributed by atoms with van der Waals surface area (Å²) in [5.41, 5.74) is -0.118. The van der Waals surface area contributed by atoms with E-state index in [9.17, 15) is 4.79 Å². The fourth-order valence-electron chi connectivity index (χ4n) is 1.72. The molecule has 0 N–H and O–H groups in total. The Morgan fingerprint density at radius 3 is 2.47 bits per heavy atom. The Bertz CT molecular complexity index is 158. The van der Waals surface area contributed by atoms with Crippen molar-refractivity contribution >= 4 is 6.29 Å². The molecule has 0 bridgehead atoms. The van der Waals surface area contributed by atoms with Crippen LogP contribution in [-0.4, -0.2) is 18.5 Å². The second-order valence-electron chi connectivity index (χ2n) is 4.57. The Morgan fingerprint density at radius 1 is 1.33 bits per heavy atom. The molecule has 90 valence electrons. The maximum atomic E-state index is 10.6. The molecule has 0 radical (unpaired) electrons. The molecular weight excluding hydrogens is 188 g/mol. The first kappa shape index (κ1) is 14.6. The lowest BCUT2D eigenvalue weighted by Gasteiger charge is -2.35. The SMILES string of the molecule is CCCC[C@](C)(OCCC)C(C)CC=O. The van der Waals surface area contributed by atoms with Crippen LogP contribution in [0.5, 0.6) is 0 Å². The average Bonchev–Trinajstić information content (AvgIpc) is 2.24. The van der Waals surface area contributed by atoms with Gasteiger partial charge in [0.05, 0.1) is 5.60 Å². The predicted molar refractivity (Wildman–Crippen MR) is 64.0 cm³/mol. The van der Waals surface area contributed by atoms with Crippen molar-refractivity contribution in [2.75, 3.05) is 6.61 Å². The van der Waals surface area contributed by atoms with Crippen LogP contribution in [0.1, 0.15) is 59.8 Å². The lowest BCUT2D eigenvalue weighted by molar-refractivity contribution is -0.114. The second kappa shape index (κ2) is 7.86. The Labute approximate surface area is 94.4 Å². The monoisotopic (exact) mass is 214 g/mol. The third-order valence-electron chi connectivity index (χ3n) is 3.15. The van der Waals surface area contributed by atoms with E-state index in [4.69, 9.17) is 4.74 Å². The van der Waals surface area contributed by atoms with Gasteiger partial charge in [-0.1, -0.05) is 33.6 Å². The molecule has 0 aliphatic heterocycles. The highest BCUT2D eigenvalue weighted by atomic mass is 16.5. The van der Waals surface area contributed by atoms with Crippen molar-refractivity contribution in [2.24, 2.45) is 5.92 Å². The minimum Gasteiger partial charge on any atom is -0.375 e. The van der Waals surface area contributed by atoms with E-state index in [1.54, 1.807) is 0 Å². The zero-order chi connectivity index (χ0) is 11.7. The van der Waals surface area contributed by atoms with Gasteiger partial charge >= 0.3 is 0 Å². The Hall–Kier alpha value is -0.370. The molecule has 0 aromatic rings. The third-order valence-corrected chi connectivity index (χ3v) is 3.15. The van der Waals surface area contributed by atoms with Gasteiger partial charge in [-0.15, -0.1) is 0 Å². The summed E-state index contributed by atoms with van der Waals surface area (Å²) in [5, 5.41) is 0. The maximum absolute atomic E-state index is 10.6. The Morgan fingerprint density at radius 2 is 2.00 bits per heavy atom. The van der Waals surface area contributed by atoms with E-state index >= 15 is 0 Å². The number of unbranched alkanes of at least 4 members (excludes halogenated alkanes) is 1. The lowest BCUT2D eigenvalue weighted by Crippen LogP contribution is -2.37. The maximum Gasteiger partial charge on any atom is 0.120 e.